The highest BCUT2D eigenvalue weighted by Crippen LogP contribution is 2.29. The molecular formula is C20H27NO5. The monoisotopic (exact) mass is 361 g/mol. The van der Waals surface area contributed by atoms with E-state index in [1.54, 1.807) is 12.1 Å². The number of hydrogen-bond donors (Lipinski definition) is 3. The highest BCUT2D eigenvalue weighted by molar-refractivity contribution is 5.85. The molecule has 6 nitrogen and oxygen atoms in total. The summed E-state index contributed by atoms with van der Waals surface area (Å²) >= 11 is 0. The summed E-state index contributed by atoms with van der Waals surface area (Å²) in [4.78, 5) is 23.4. The van der Waals surface area contributed by atoms with Crippen molar-refractivity contribution >= 4 is 16.9 Å². The largest absolute Gasteiger partial charge is 0.507 e. The molecular weight excluding hydrogens is 334 g/mol. The molecule has 0 aliphatic rings. The Hall–Kier alpha value is -2.34. The van der Waals surface area contributed by atoms with Crippen molar-refractivity contribution in [2.24, 2.45) is 5.92 Å². The molecule has 0 fully saturated rings. The quantitative estimate of drug-likeness (QED) is 0.592. The molecule has 1 heterocycles. The number of fused-ring (bicyclic) bond motifs is 1. The molecule has 2 aromatic rings. The fourth-order valence-corrected chi connectivity index (χ4v) is 3.05. The van der Waals surface area contributed by atoms with E-state index in [1.165, 1.54) is 6.07 Å². The number of phenols is 1. The van der Waals surface area contributed by atoms with Crippen LogP contribution in [0, 0.1) is 5.92 Å². The molecule has 1 aromatic heterocycles. The summed E-state index contributed by atoms with van der Waals surface area (Å²) in [5, 5.41) is 23.4. The van der Waals surface area contributed by atoms with Crippen molar-refractivity contribution < 1.29 is 19.4 Å². The van der Waals surface area contributed by atoms with Crippen LogP contribution in [0.1, 0.15) is 51.2 Å². The molecule has 0 amide bonds. The molecule has 26 heavy (non-hydrogen) atoms. The van der Waals surface area contributed by atoms with Gasteiger partial charge in [0.15, 0.2) is 0 Å². The zero-order valence-corrected chi connectivity index (χ0v) is 15.5. The molecule has 0 saturated heterocycles. The SMILES string of the molecule is CCCCc1cc(=O)oc2c(CNC(CC(C)C)C(=O)O)c(O)ccc12. The molecule has 0 spiro atoms. The summed E-state index contributed by atoms with van der Waals surface area (Å²) in [6.45, 7) is 6.08. The lowest BCUT2D eigenvalue weighted by Crippen LogP contribution is -2.37. The Morgan fingerprint density at radius 2 is 2.04 bits per heavy atom. The Morgan fingerprint density at radius 1 is 1.31 bits per heavy atom. The Balaban J connectivity index is 2.40. The molecule has 0 saturated carbocycles. The van der Waals surface area contributed by atoms with Crippen molar-refractivity contribution in [2.75, 3.05) is 0 Å². The number of benzene rings is 1. The molecule has 6 heteroatoms. The number of carboxylic acid groups (broad SMARTS) is 1. The number of carbonyl (C=O) groups is 1. The summed E-state index contributed by atoms with van der Waals surface area (Å²) in [6, 6.07) is 4.06. The predicted molar refractivity (Wildman–Crippen MR) is 100 cm³/mol. The first-order chi connectivity index (χ1) is 12.3. The summed E-state index contributed by atoms with van der Waals surface area (Å²) in [6.07, 6.45) is 3.17. The Kier molecular flexibility index (Phi) is 6.80. The van der Waals surface area contributed by atoms with Gasteiger partial charge in [-0.25, -0.2) is 4.79 Å². The third-order valence-corrected chi connectivity index (χ3v) is 4.41. The molecule has 2 rings (SSSR count). The van der Waals surface area contributed by atoms with Crippen LogP contribution in [-0.2, 0) is 17.8 Å². The average Bonchev–Trinajstić information content (AvgIpc) is 2.57. The fourth-order valence-electron chi connectivity index (χ4n) is 3.05. The van der Waals surface area contributed by atoms with Gasteiger partial charge in [-0.05, 0) is 42.9 Å². The first-order valence-corrected chi connectivity index (χ1v) is 9.07. The molecule has 1 unspecified atom stereocenters. The lowest BCUT2D eigenvalue weighted by atomic mass is 10.0. The molecule has 1 atom stereocenters. The van der Waals surface area contributed by atoms with Crippen LogP contribution in [-0.4, -0.2) is 22.2 Å². The number of aryl methyl sites for hydroxylation is 1. The zero-order chi connectivity index (χ0) is 19.3. The Labute approximate surface area is 152 Å². The van der Waals surface area contributed by atoms with E-state index in [4.69, 9.17) is 4.42 Å². The van der Waals surface area contributed by atoms with Crippen LogP contribution in [0.2, 0.25) is 0 Å². The third-order valence-electron chi connectivity index (χ3n) is 4.41. The molecule has 0 radical (unpaired) electrons. The van der Waals surface area contributed by atoms with Crippen molar-refractivity contribution in [3.05, 3.63) is 39.7 Å². The van der Waals surface area contributed by atoms with E-state index in [0.717, 1.165) is 30.2 Å². The van der Waals surface area contributed by atoms with Gasteiger partial charge >= 0.3 is 11.6 Å². The summed E-state index contributed by atoms with van der Waals surface area (Å²) in [7, 11) is 0. The van der Waals surface area contributed by atoms with Gasteiger partial charge in [0.1, 0.15) is 17.4 Å². The number of carboxylic acids is 1. The van der Waals surface area contributed by atoms with E-state index >= 15 is 0 Å². The molecule has 3 N–H and O–H groups in total. The van der Waals surface area contributed by atoms with Crippen LogP contribution in [0.25, 0.3) is 11.0 Å². The summed E-state index contributed by atoms with van der Waals surface area (Å²) in [5.74, 6) is -0.749. The first kappa shape index (κ1) is 20.0. The van der Waals surface area contributed by atoms with Gasteiger partial charge in [0.05, 0.1) is 5.56 Å². The van der Waals surface area contributed by atoms with E-state index in [0.29, 0.717) is 17.6 Å². The predicted octanol–water partition coefficient (Wildman–Crippen LogP) is 3.43. The number of rotatable bonds is 9. The topological polar surface area (TPSA) is 99.8 Å². The normalized spacial score (nSPS) is 12.6. The van der Waals surface area contributed by atoms with Crippen LogP contribution in [0.4, 0.5) is 0 Å². The fraction of sp³-hybridized carbons (Fsp3) is 0.500. The minimum Gasteiger partial charge on any atom is -0.507 e. The molecule has 0 bridgehead atoms. The highest BCUT2D eigenvalue weighted by atomic mass is 16.4. The van der Waals surface area contributed by atoms with E-state index in [-0.39, 0.29) is 18.2 Å². The highest BCUT2D eigenvalue weighted by Gasteiger charge is 2.20. The lowest BCUT2D eigenvalue weighted by Gasteiger charge is -2.17. The number of hydrogen-bond acceptors (Lipinski definition) is 5. The zero-order valence-electron chi connectivity index (χ0n) is 15.5. The van der Waals surface area contributed by atoms with Crippen molar-refractivity contribution in [3.8, 4) is 5.75 Å². The van der Waals surface area contributed by atoms with Gasteiger partial charge in [0.2, 0.25) is 0 Å². The Bertz CT molecular complexity index is 825. The van der Waals surface area contributed by atoms with Gasteiger partial charge in [-0.1, -0.05) is 27.2 Å². The van der Waals surface area contributed by atoms with E-state index < -0.39 is 17.6 Å². The minimum atomic E-state index is -0.941. The van der Waals surface area contributed by atoms with Crippen molar-refractivity contribution in [2.45, 2.75) is 59.0 Å². The molecule has 142 valence electrons. The Morgan fingerprint density at radius 3 is 2.65 bits per heavy atom. The van der Waals surface area contributed by atoms with Crippen molar-refractivity contribution in [1.29, 1.82) is 0 Å². The van der Waals surface area contributed by atoms with Gasteiger partial charge in [-0.3, -0.25) is 4.79 Å². The number of phenolic OH excluding ortho intramolecular Hbond substituents is 1. The van der Waals surface area contributed by atoms with E-state index in [2.05, 4.69) is 12.2 Å². The minimum absolute atomic E-state index is 0.0190. The van der Waals surface area contributed by atoms with E-state index in [1.807, 2.05) is 13.8 Å². The molecule has 1 aromatic carbocycles. The second-order valence-corrected chi connectivity index (χ2v) is 7.04. The van der Waals surface area contributed by atoms with Gasteiger partial charge < -0.3 is 19.9 Å². The average molecular weight is 361 g/mol. The second kappa shape index (κ2) is 8.85. The van der Waals surface area contributed by atoms with Crippen LogP contribution < -0.4 is 10.9 Å². The number of unbranched alkanes of at least 4 members (excludes halogenated alkanes) is 1. The van der Waals surface area contributed by atoms with Crippen LogP contribution in [0.3, 0.4) is 0 Å². The molecule has 0 aliphatic heterocycles. The smallest absolute Gasteiger partial charge is 0.336 e. The van der Waals surface area contributed by atoms with Gasteiger partial charge in [-0.2, -0.15) is 0 Å². The maximum Gasteiger partial charge on any atom is 0.336 e. The van der Waals surface area contributed by atoms with Crippen LogP contribution in [0.5, 0.6) is 5.75 Å². The third kappa shape index (κ3) is 4.85. The lowest BCUT2D eigenvalue weighted by molar-refractivity contribution is -0.140. The number of aliphatic carboxylic acids is 1. The molecule has 0 aliphatic carbocycles. The summed E-state index contributed by atoms with van der Waals surface area (Å²) in [5.41, 5.74) is 1.15. The van der Waals surface area contributed by atoms with Crippen LogP contribution >= 0.6 is 0 Å². The number of nitrogens with one attached hydrogen (secondary N) is 1. The van der Waals surface area contributed by atoms with Gasteiger partial charge in [-0.15, -0.1) is 0 Å². The van der Waals surface area contributed by atoms with Crippen molar-refractivity contribution in [1.82, 2.24) is 5.32 Å². The summed E-state index contributed by atoms with van der Waals surface area (Å²) < 4.78 is 5.37. The number of aromatic hydroxyl groups is 1. The second-order valence-electron chi connectivity index (χ2n) is 7.04. The maximum absolute atomic E-state index is 12.0. The van der Waals surface area contributed by atoms with Crippen LogP contribution in [0.15, 0.2) is 27.4 Å². The van der Waals surface area contributed by atoms with E-state index in [9.17, 15) is 19.8 Å². The maximum atomic E-state index is 12.0. The first-order valence-electron chi connectivity index (χ1n) is 9.07. The standard InChI is InChI=1S/C20H27NO5/c1-4-5-6-13-10-18(23)26-19-14(13)7-8-17(22)15(19)11-21-16(20(24)25)9-12(2)3/h7-8,10,12,16,21-22H,4-6,9,11H2,1-3H3,(H,24,25). The van der Waals surface area contributed by atoms with Gasteiger partial charge in [0, 0.05) is 18.0 Å². The van der Waals surface area contributed by atoms with Gasteiger partial charge in [0.25, 0.3) is 0 Å². The van der Waals surface area contributed by atoms with Crippen molar-refractivity contribution in [3.63, 3.8) is 0 Å².